The molecule has 0 radical (unpaired) electrons. The topological polar surface area (TPSA) is 68.1 Å². The Balaban J connectivity index is 2.02. The normalized spacial score (nSPS) is 32.5. The number of nitrogens with zero attached hydrogens (tertiary/aromatic N) is 4. The molecular formula is C13H21BrN4O2S. The van der Waals surface area contributed by atoms with Crippen LogP contribution in [-0.4, -0.2) is 40.3 Å². The maximum Gasteiger partial charge on any atom is 0.263 e. The fourth-order valence-electron chi connectivity index (χ4n) is 4.40. The smallest absolute Gasteiger partial charge is 0.235 e. The van der Waals surface area contributed by atoms with Crippen molar-refractivity contribution in [1.82, 2.24) is 19.3 Å². The minimum Gasteiger partial charge on any atom is -0.235 e. The van der Waals surface area contributed by atoms with E-state index in [-0.39, 0.29) is 26.5 Å². The molecule has 1 saturated heterocycles. The Kier molecular flexibility index (Phi) is 3.32. The lowest BCUT2D eigenvalue weighted by atomic mass is 9.65. The van der Waals surface area contributed by atoms with Crippen molar-refractivity contribution in [3.05, 3.63) is 4.60 Å². The quantitative estimate of drug-likeness (QED) is 0.792. The van der Waals surface area contributed by atoms with Crippen molar-refractivity contribution in [2.45, 2.75) is 51.1 Å². The Hall–Kier alpha value is -0.470. The highest BCUT2D eigenvalue weighted by Gasteiger charge is 2.54. The van der Waals surface area contributed by atoms with Crippen molar-refractivity contribution in [3.63, 3.8) is 0 Å². The van der Waals surface area contributed by atoms with E-state index in [1.54, 1.807) is 11.4 Å². The summed E-state index contributed by atoms with van der Waals surface area (Å²) in [7, 11) is -1.97. The molecule has 2 fully saturated rings. The van der Waals surface area contributed by atoms with Gasteiger partial charge in [0.25, 0.3) is 10.0 Å². The molecule has 1 aliphatic carbocycles. The first kappa shape index (κ1) is 15.4. The van der Waals surface area contributed by atoms with E-state index < -0.39 is 10.0 Å². The SMILES string of the molecule is Cn1nnc(Br)c1S(=O)(=O)N1CC2(C)CC1CC(C)(C)C2. The summed E-state index contributed by atoms with van der Waals surface area (Å²) < 4.78 is 29.3. The predicted molar refractivity (Wildman–Crippen MR) is 82.1 cm³/mol. The van der Waals surface area contributed by atoms with Gasteiger partial charge in [-0.2, -0.15) is 4.31 Å². The highest BCUT2D eigenvalue weighted by atomic mass is 79.9. The van der Waals surface area contributed by atoms with Gasteiger partial charge < -0.3 is 0 Å². The summed E-state index contributed by atoms with van der Waals surface area (Å²) >= 11 is 3.21. The molecule has 1 aromatic rings. The number of aromatic nitrogens is 3. The summed E-state index contributed by atoms with van der Waals surface area (Å²) in [5, 5.41) is 7.76. The van der Waals surface area contributed by atoms with Crippen molar-refractivity contribution < 1.29 is 8.42 Å². The fraction of sp³-hybridized carbons (Fsp3) is 0.846. The summed E-state index contributed by atoms with van der Waals surface area (Å²) in [5.41, 5.74) is 0.252. The minimum absolute atomic E-state index is 0.0674. The minimum atomic E-state index is -3.57. The van der Waals surface area contributed by atoms with Gasteiger partial charge in [0.2, 0.25) is 5.03 Å². The molecule has 1 aliphatic heterocycles. The first-order chi connectivity index (χ1) is 9.54. The Morgan fingerprint density at radius 1 is 1.29 bits per heavy atom. The maximum atomic E-state index is 13.0. The number of halogens is 1. The molecule has 8 heteroatoms. The van der Waals surface area contributed by atoms with Gasteiger partial charge in [-0.3, -0.25) is 0 Å². The van der Waals surface area contributed by atoms with Crippen molar-refractivity contribution in [3.8, 4) is 0 Å². The maximum absolute atomic E-state index is 13.0. The number of fused-ring (bicyclic) bond motifs is 2. The van der Waals surface area contributed by atoms with Crippen LogP contribution in [0, 0.1) is 10.8 Å². The van der Waals surface area contributed by atoms with Crippen LogP contribution in [0.15, 0.2) is 9.63 Å². The van der Waals surface area contributed by atoms with Gasteiger partial charge in [-0.1, -0.05) is 26.0 Å². The molecule has 2 unspecified atom stereocenters. The van der Waals surface area contributed by atoms with Crippen LogP contribution in [0.4, 0.5) is 0 Å². The van der Waals surface area contributed by atoms with Crippen molar-refractivity contribution in [1.29, 1.82) is 0 Å². The van der Waals surface area contributed by atoms with Crippen molar-refractivity contribution >= 4 is 26.0 Å². The Morgan fingerprint density at radius 3 is 2.52 bits per heavy atom. The van der Waals surface area contributed by atoms with Gasteiger partial charge in [-0.25, -0.2) is 13.1 Å². The molecule has 118 valence electrons. The van der Waals surface area contributed by atoms with Crippen LogP contribution in [0.5, 0.6) is 0 Å². The zero-order valence-corrected chi connectivity index (χ0v) is 15.2. The summed E-state index contributed by atoms with van der Waals surface area (Å²) in [6.07, 6.45) is 2.91. The zero-order valence-electron chi connectivity index (χ0n) is 12.8. The van der Waals surface area contributed by atoms with Crippen LogP contribution in [0.2, 0.25) is 0 Å². The van der Waals surface area contributed by atoms with E-state index in [1.807, 2.05) is 0 Å². The van der Waals surface area contributed by atoms with Gasteiger partial charge in [0.1, 0.15) is 0 Å². The third-order valence-electron chi connectivity index (χ3n) is 4.66. The molecule has 2 heterocycles. The van der Waals surface area contributed by atoms with E-state index in [0.29, 0.717) is 6.54 Å². The molecule has 0 amide bonds. The van der Waals surface area contributed by atoms with E-state index in [4.69, 9.17) is 0 Å². The zero-order chi connectivity index (χ0) is 15.6. The average Bonchev–Trinajstić information content (AvgIpc) is 2.75. The van der Waals surface area contributed by atoms with E-state index in [2.05, 4.69) is 47.0 Å². The second-order valence-electron chi connectivity index (χ2n) is 7.57. The molecule has 1 saturated carbocycles. The highest BCUT2D eigenvalue weighted by Crippen LogP contribution is 2.53. The first-order valence-corrected chi connectivity index (χ1v) is 9.35. The third kappa shape index (κ3) is 2.45. The van der Waals surface area contributed by atoms with E-state index in [9.17, 15) is 8.42 Å². The number of aryl methyl sites for hydroxylation is 1. The number of hydrogen-bond acceptors (Lipinski definition) is 4. The molecule has 3 rings (SSSR count). The molecule has 0 N–H and O–H groups in total. The highest BCUT2D eigenvalue weighted by molar-refractivity contribution is 9.10. The number of hydrogen-bond donors (Lipinski definition) is 0. The first-order valence-electron chi connectivity index (χ1n) is 7.11. The van der Waals surface area contributed by atoms with Gasteiger partial charge in [-0.05, 0) is 46.0 Å². The van der Waals surface area contributed by atoms with Crippen molar-refractivity contribution in [2.75, 3.05) is 6.54 Å². The van der Waals surface area contributed by atoms with Crippen LogP contribution in [0.3, 0.4) is 0 Å². The van der Waals surface area contributed by atoms with E-state index >= 15 is 0 Å². The van der Waals surface area contributed by atoms with E-state index in [0.717, 1.165) is 19.3 Å². The van der Waals surface area contributed by atoms with Crippen LogP contribution >= 0.6 is 15.9 Å². The molecule has 0 aromatic carbocycles. The van der Waals surface area contributed by atoms with Gasteiger partial charge in [0, 0.05) is 19.6 Å². The van der Waals surface area contributed by atoms with Crippen LogP contribution in [0.1, 0.15) is 40.0 Å². The Labute approximate surface area is 134 Å². The fourth-order valence-corrected chi connectivity index (χ4v) is 7.21. The monoisotopic (exact) mass is 376 g/mol. The average molecular weight is 377 g/mol. The molecule has 0 spiro atoms. The summed E-state index contributed by atoms with van der Waals surface area (Å²) in [6, 6.07) is 0.0746. The molecule has 1 aromatic heterocycles. The Morgan fingerprint density at radius 2 is 1.95 bits per heavy atom. The summed E-state index contributed by atoms with van der Waals surface area (Å²) in [5.74, 6) is 0. The van der Waals surface area contributed by atoms with Crippen LogP contribution in [-0.2, 0) is 17.1 Å². The second-order valence-corrected chi connectivity index (χ2v) is 10.1. The number of rotatable bonds is 2. The molecule has 6 nitrogen and oxygen atoms in total. The second kappa shape index (κ2) is 4.52. The summed E-state index contributed by atoms with van der Waals surface area (Å²) in [6.45, 7) is 7.25. The Bertz CT molecular complexity index is 665. The molecule has 2 bridgehead atoms. The lowest BCUT2D eigenvalue weighted by molar-refractivity contribution is 0.133. The largest absolute Gasteiger partial charge is 0.263 e. The lowest BCUT2D eigenvalue weighted by Gasteiger charge is -2.39. The lowest BCUT2D eigenvalue weighted by Crippen LogP contribution is -2.38. The molecule has 2 aliphatic rings. The predicted octanol–water partition coefficient (Wildman–Crippen LogP) is 2.17. The van der Waals surface area contributed by atoms with Crippen LogP contribution < -0.4 is 0 Å². The van der Waals surface area contributed by atoms with Crippen LogP contribution in [0.25, 0.3) is 0 Å². The third-order valence-corrected chi connectivity index (χ3v) is 7.44. The molecule has 21 heavy (non-hydrogen) atoms. The molecular weight excluding hydrogens is 356 g/mol. The standard InChI is InChI=1S/C13H21BrN4O2S/c1-12(2)5-9-6-13(3,7-12)8-18(9)21(19,20)11-10(14)15-16-17(11)4/h9H,5-8H2,1-4H3. The van der Waals surface area contributed by atoms with Crippen molar-refractivity contribution in [2.24, 2.45) is 17.9 Å². The van der Waals surface area contributed by atoms with Gasteiger partial charge >= 0.3 is 0 Å². The number of sulfonamides is 1. The molecule has 2 atom stereocenters. The van der Waals surface area contributed by atoms with E-state index in [1.165, 1.54) is 4.68 Å². The van der Waals surface area contributed by atoms with Gasteiger partial charge in [-0.15, -0.1) is 5.10 Å². The van der Waals surface area contributed by atoms with Gasteiger partial charge in [0.05, 0.1) is 0 Å². The van der Waals surface area contributed by atoms with Gasteiger partial charge in [0.15, 0.2) is 4.60 Å². The summed E-state index contributed by atoms with van der Waals surface area (Å²) in [4.78, 5) is 0.